The van der Waals surface area contributed by atoms with Crippen molar-refractivity contribution in [3.8, 4) is 5.75 Å². The van der Waals surface area contributed by atoms with Crippen LogP contribution in [0.4, 0.5) is 0 Å². The molecular weight excluding hydrogens is 242 g/mol. The predicted molar refractivity (Wildman–Crippen MR) is 81.7 cm³/mol. The summed E-state index contributed by atoms with van der Waals surface area (Å²) >= 11 is 1.84. The first-order chi connectivity index (χ1) is 8.50. The Hall–Kier alpha value is -0.670. The number of benzene rings is 1. The highest BCUT2D eigenvalue weighted by Gasteiger charge is 2.04. The van der Waals surface area contributed by atoms with Crippen LogP contribution in [-0.4, -0.2) is 24.2 Å². The molecular formula is C15H25NOS. The lowest BCUT2D eigenvalue weighted by molar-refractivity contribution is 0.343. The number of thioether (sulfide) groups is 1. The second kappa shape index (κ2) is 7.70. The highest BCUT2D eigenvalue weighted by Crippen LogP contribution is 2.23. The quantitative estimate of drug-likeness (QED) is 0.767. The second-order valence-corrected chi connectivity index (χ2v) is 6.22. The van der Waals surface area contributed by atoms with E-state index in [1.54, 1.807) is 0 Å². The third kappa shape index (κ3) is 5.32. The van der Waals surface area contributed by atoms with Gasteiger partial charge in [-0.2, -0.15) is 11.8 Å². The van der Waals surface area contributed by atoms with Crippen LogP contribution in [-0.2, 0) is 0 Å². The van der Waals surface area contributed by atoms with E-state index in [9.17, 15) is 0 Å². The first-order valence-electron chi connectivity index (χ1n) is 6.57. The molecule has 0 fully saturated rings. The van der Waals surface area contributed by atoms with Crippen molar-refractivity contribution < 1.29 is 4.74 Å². The Kier molecular flexibility index (Phi) is 6.58. The molecule has 0 aliphatic rings. The number of aryl methyl sites for hydroxylation is 1. The molecule has 18 heavy (non-hydrogen) atoms. The molecule has 2 N–H and O–H groups in total. The molecule has 2 nitrogen and oxygen atoms in total. The zero-order valence-corrected chi connectivity index (χ0v) is 12.7. The minimum atomic E-state index is 0.266. The largest absolute Gasteiger partial charge is 0.493 e. The molecule has 1 aromatic carbocycles. The molecule has 0 saturated carbocycles. The standard InChI is InChI=1S/C15H25NOS/c1-11(2)15-6-5-14(9-12(15)3)17-7-8-18-10-13(4)16/h5-6,9,11,13H,7-8,10,16H2,1-4H3. The van der Waals surface area contributed by atoms with Crippen LogP contribution in [0.2, 0.25) is 0 Å². The summed E-state index contributed by atoms with van der Waals surface area (Å²) in [5, 5.41) is 0. The lowest BCUT2D eigenvalue weighted by Gasteiger charge is -2.12. The van der Waals surface area contributed by atoms with Crippen LogP contribution in [0.25, 0.3) is 0 Å². The van der Waals surface area contributed by atoms with Gasteiger partial charge in [-0.3, -0.25) is 0 Å². The fourth-order valence-electron chi connectivity index (χ4n) is 1.87. The van der Waals surface area contributed by atoms with Gasteiger partial charge in [-0.15, -0.1) is 0 Å². The van der Waals surface area contributed by atoms with E-state index in [0.717, 1.165) is 23.9 Å². The summed E-state index contributed by atoms with van der Waals surface area (Å²) in [6, 6.07) is 6.64. The van der Waals surface area contributed by atoms with Gasteiger partial charge in [0.05, 0.1) is 6.61 Å². The third-order valence-corrected chi connectivity index (χ3v) is 3.96. The molecule has 0 heterocycles. The monoisotopic (exact) mass is 267 g/mol. The van der Waals surface area contributed by atoms with Crippen molar-refractivity contribution >= 4 is 11.8 Å². The summed E-state index contributed by atoms with van der Waals surface area (Å²) in [6.07, 6.45) is 0. The van der Waals surface area contributed by atoms with E-state index in [0.29, 0.717) is 5.92 Å². The second-order valence-electron chi connectivity index (χ2n) is 5.07. The summed E-state index contributed by atoms with van der Waals surface area (Å²) < 4.78 is 5.74. The molecule has 1 rings (SSSR count). The van der Waals surface area contributed by atoms with E-state index in [-0.39, 0.29) is 6.04 Å². The smallest absolute Gasteiger partial charge is 0.119 e. The lowest BCUT2D eigenvalue weighted by Crippen LogP contribution is -2.18. The number of hydrogen-bond acceptors (Lipinski definition) is 3. The van der Waals surface area contributed by atoms with Crippen LogP contribution < -0.4 is 10.5 Å². The first kappa shape index (κ1) is 15.4. The number of rotatable bonds is 7. The van der Waals surface area contributed by atoms with Crippen LogP contribution in [0.1, 0.15) is 37.8 Å². The van der Waals surface area contributed by atoms with Crippen molar-refractivity contribution in [2.75, 3.05) is 18.1 Å². The van der Waals surface area contributed by atoms with Gasteiger partial charge in [-0.25, -0.2) is 0 Å². The van der Waals surface area contributed by atoms with Gasteiger partial charge in [0, 0.05) is 17.5 Å². The average molecular weight is 267 g/mol. The van der Waals surface area contributed by atoms with Gasteiger partial charge in [0.25, 0.3) is 0 Å². The van der Waals surface area contributed by atoms with Crippen LogP contribution in [0.15, 0.2) is 18.2 Å². The molecule has 0 aliphatic carbocycles. The van der Waals surface area contributed by atoms with E-state index in [4.69, 9.17) is 10.5 Å². The molecule has 1 unspecified atom stereocenters. The third-order valence-electron chi connectivity index (χ3n) is 2.74. The Bertz CT molecular complexity index is 364. The average Bonchev–Trinajstić information content (AvgIpc) is 2.27. The van der Waals surface area contributed by atoms with Crippen molar-refractivity contribution in [1.82, 2.24) is 0 Å². The zero-order valence-electron chi connectivity index (χ0n) is 11.9. The Labute approximate surface area is 115 Å². The van der Waals surface area contributed by atoms with Crippen LogP contribution in [0, 0.1) is 6.92 Å². The maximum absolute atomic E-state index is 5.74. The van der Waals surface area contributed by atoms with E-state index in [1.807, 2.05) is 18.7 Å². The number of hydrogen-bond donors (Lipinski definition) is 1. The summed E-state index contributed by atoms with van der Waals surface area (Å²) in [7, 11) is 0. The minimum absolute atomic E-state index is 0.266. The van der Waals surface area contributed by atoms with Gasteiger partial charge in [0.15, 0.2) is 0 Å². The van der Waals surface area contributed by atoms with Gasteiger partial charge in [0.1, 0.15) is 5.75 Å². The Morgan fingerprint density at radius 1 is 1.28 bits per heavy atom. The summed E-state index contributed by atoms with van der Waals surface area (Å²) in [5.41, 5.74) is 8.40. The predicted octanol–water partition coefficient (Wildman–Crippen LogP) is 3.58. The van der Waals surface area contributed by atoms with Crippen LogP contribution >= 0.6 is 11.8 Å². The fraction of sp³-hybridized carbons (Fsp3) is 0.600. The molecule has 0 amide bonds. The molecule has 1 atom stereocenters. The maximum Gasteiger partial charge on any atom is 0.119 e. The lowest BCUT2D eigenvalue weighted by atomic mass is 9.98. The number of nitrogens with two attached hydrogens (primary N) is 1. The fourth-order valence-corrected chi connectivity index (χ4v) is 2.61. The molecule has 102 valence electrons. The Balaban J connectivity index is 2.37. The normalized spacial score (nSPS) is 12.8. The topological polar surface area (TPSA) is 35.2 Å². The summed E-state index contributed by atoms with van der Waals surface area (Å²) in [5.74, 6) is 3.53. The van der Waals surface area contributed by atoms with Crippen molar-refractivity contribution in [3.05, 3.63) is 29.3 Å². The maximum atomic E-state index is 5.74. The molecule has 0 aromatic heterocycles. The van der Waals surface area contributed by atoms with Crippen molar-refractivity contribution in [2.45, 2.75) is 39.7 Å². The van der Waals surface area contributed by atoms with E-state index in [2.05, 4.69) is 39.0 Å². The molecule has 0 radical (unpaired) electrons. The van der Waals surface area contributed by atoms with Crippen molar-refractivity contribution in [3.63, 3.8) is 0 Å². The highest BCUT2D eigenvalue weighted by atomic mass is 32.2. The van der Waals surface area contributed by atoms with E-state index in [1.165, 1.54) is 11.1 Å². The SMILES string of the molecule is Cc1cc(OCCSCC(C)N)ccc1C(C)C. The van der Waals surface area contributed by atoms with E-state index >= 15 is 0 Å². The molecule has 0 saturated heterocycles. The molecule has 1 aromatic rings. The van der Waals surface area contributed by atoms with Gasteiger partial charge in [-0.1, -0.05) is 19.9 Å². The molecule has 0 bridgehead atoms. The van der Waals surface area contributed by atoms with Crippen molar-refractivity contribution in [1.29, 1.82) is 0 Å². The Morgan fingerprint density at radius 2 is 2.00 bits per heavy atom. The van der Waals surface area contributed by atoms with Crippen LogP contribution in [0.5, 0.6) is 5.75 Å². The Morgan fingerprint density at radius 3 is 2.56 bits per heavy atom. The number of ether oxygens (including phenoxy) is 1. The van der Waals surface area contributed by atoms with Crippen molar-refractivity contribution in [2.24, 2.45) is 5.73 Å². The highest BCUT2D eigenvalue weighted by molar-refractivity contribution is 7.99. The van der Waals surface area contributed by atoms with Crippen LogP contribution in [0.3, 0.4) is 0 Å². The summed E-state index contributed by atoms with van der Waals surface area (Å²) in [6.45, 7) is 9.35. The van der Waals surface area contributed by atoms with Gasteiger partial charge in [0.2, 0.25) is 0 Å². The van der Waals surface area contributed by atoms with Gasteiger partial charge >= 0.3 is 0 Å². The van der Waals surface area contributed by atoms with Gasteiger partial charge in [-0.05, 0) is 43.0 Å². The molecule has 0 spiro atoms. The van der Waals surface area contributed by atoms with E-state index < -0.39 is 0 Å². The molecule has 0 aliphatic heterocycles. The molecule has 3 heteroatoms. The minimum Gasteiger partial charge on any atom is -0.493 e. The first-order valence-corrected chi connectivity index (χ1v) is 7.73. The van der Waals surface area contributed by atoms with Gasteiger partial charge < -0.3 is 10.5 Å². The summed E-state index contributed by atoms with van der Waals surface area (Å²) in [4.78, 5) is 0. The zero-order chi connectivity index (χ0) is 13.5.